The first-order valence-corrected chi connectivity index (χ1v) is 7.74. The van der Waals surface area contributed by atoms with Gasteiger partial charge in [-0.05, 0) is 49.1 Å². The number of benzene rings is 1. The van der Waals surface area contributed by atoms with E-state index in [1.807, 2.05) is 23.3 Å². The smallest absolute Gasteiger partial charge is 0.207 e. The molecule has 0 amide bonds. The number of hydrogen-bond donors (Lipinski definition) is 1. The van der Waals surface area contributed by atoms with Crippen LogP contribution in [0.25, 0.3) is 0 Å². The fraction of sp³-hybridized carbons (Fsp3) is 0.294. The number of hydroxylamine groups is 2. The minimum Gasteiger partial charge on any atom is -0.448 e. The summed E-state index contributed by atoms with van der Waals surface area (Å²) < 4.78 is 5.50. The van der Waals surface area contributed by atoms with E-state index in [-0.39, 0.29) is 12.1 Å². The van der Waals surface area contributed by atoms with Crippen LogP contribution < -0.4 is 5.73 Å². The molecule has 0 saturated carbocycles. The van der Waals surface area contributed by atoms with E-state index in [0.29, 0.717) is 11.1 Å². The van der Waals surface area contributed by atoms with Gasteiger partial charge in [0.25, 0.3) is 0 Å². The third-order valence-electron chi connectivity index (χ3n) is 3.82. The molecule has 2 unspecified atom stereocenters. The van der Waals surface area contributed by atoms with Crippen molar-refractivity contribution in [3.63, 3.8) is 0 Å². The monoisotopic (exact) mass is 318 g/mol. The minimum absolute atomic E-state index is 0.140. The Hall–Kier alpha value is -1.91. The summed E-state index contributed by atoms with van der Waals surface area (Å²) in [7, 11) is 0. The molecule has 1 aliphatic rings. The molecule has 0 saturated heterocycles. The van der Waals surface area contributed by atoms with Crippen LogP contribution in [0.5, 0.6) is 0 Å². The first-order chi connectivity index (χ1) is 10.6. The zero-order valence-electron chi connectivity index (χ0n) is 12.4. The van der Waals surface area contributed by atoms with Crippen LogP contribution in [0, 0.1) is 0 Å². The number of aryl methyl sites for hydroxylation is 1. The van der Waals surface area contributed by atoms with Crippen LogP contribution in [0.3, 0.4) is 0 Å². The van der Waals surface area contributed by atoms with E-state index in [2.05, 4.69) is 31.2 Å². The molecule has 0 fully saturated rings. The third kappa shape index (κ3) is 3.29. The molecule has 1 aromatic heterocycles. The number of nitrogens with zero attached hydrogens (tertiary/aromatic N) is 1. The number of halogens is 1. The largest absolute Gasteiger partial charge is 0.448 e. The SMILES string of the molecule is CC(CCc1ccccc1)N1OC(N)=CC1c1ccc(Cl)o1. The maximum atomic E-state index is 5.87. The van der Waals surface area contributed by atoms with Crippen molar-refractivity contribution < 1.29 is 9.25 Å². The average molecular weight is 319 g/mol. The summed E-state index contributed by atoms with van der Waals surface area (Å²) in [5.74, 6) is 1.13. The Kier molecular flexibility index (Phi) is 4.41. The van der Waals surface area contributed by atoms with E-state index >= 15 is 0 Å². The number of furan rings is 1. The Morgan fingerprint density at radius 2 is 2.00 bits per heavy atom. The normalized spacial score (nSPS) is 19.7. The van der Waals surface area contributed by atoms with Crippen molar-refractivity contribution in [1.82, 2.24) is 5.06 Å². The molecule has 0 radical (unpaired) electrons. The van der Waals surface area contributed by atoms with Crippen LogP contribution in [0.4, 0.5) is 0 Å². The quantitative estimate of drug-likeness (QED) is 0.904. The number of nitrogens with two attached hydrogens (primary N) is 1. The Bertz CT molecular complexity index is 654. The predicted molar refractivity (Wildman–Crippen MR) is 85.9 cm³/mol. The standard InChI is InChI=1S/C17H19ClN2O2/c1-12(7-8-13-5-3-2-4-6-13)20-14(11-17(19)22-20)15-9-10-16(18)21-15/h2-6,9-12,14H,7-8,19H2,1H3. The van der Waals surface area contributed by atoms with Crippen molar-refractivity contribution >= 4 is 11.6 Å². The second kappa shape index (κ2) is 6.46. The van der Waals surface area contributed by atoms with Crippen molar-refractivity contribution in [2.75, 3.05) is 0 Å². The zero-order chi connectivity index (χ0) is 15.5. The Balaban J connectivity index is 1.67. The van der Waals surface area contributed by atoms with E-state index < -0.39 is 0 Å². The molecule has 2 atom stereocenters. The van der Waals surface area contributed by atoms with Crippen molar-refractivity contribution in [1.29, 1.82) is 0 Å². The van der Waals surface area contributed by atoms with E-state index in [1.165, 1.54) is 5.56 Å². The lowest BCUT2D eigenvalue weighted by Crippen LogP contribution is -2.33. The highest BCUT2D eigenvalue weighted by Gasteiger charge is 2.33. The zero-order valence-corrected chi connectivity index (χ0v) is 13.2. The summed E-state index contributed by atoms with van der Waals surface area (Å²) >= 11 is 5.87. The first kappa shape index (κ1) is 15.0. The van der Waals surface area contributed by atoms with E-state index in [4.69, 9.17) is 26.6 Å². The molecule has 3 rings (SSSR count). The fourth-order valence-electron chi connectivity index (χ4n) is 2.64. The number of hydrogen-bond acceptors (Lipinski definition) is 4. The molecule has 116 valence electrons. The van der Waals surface area contributed by atoms with Crippen LogP contribution >= 0.6 is 11.6 Å². The summed E-state index contributed by atoms with van der Waals surface area (Å²) in [5.41, 5.74) is 7.14. The molecular formula is C17H19ClN2O2. The van der Waals surface area contributed by atoms with Gasteiger partial charge in [-0.3, -0.25) is 0 Å². The maximum absolute atomic E-state index is 5.87. The predicted octanol–water partition coefficient (Wildman–Crippen LogP) is 4.04. The molecule has 4 nitrogen and oxygen atoms in total. The maximum Gasteiger partial charge on any atom is 0.207 e. The second-order valence-corrected chi connectivity index (χ2v) is 5.85. The highest BCUT2D eigenvalue weighted by molar-refractivity contribution is 6.28. The highest BCUT2D eigenvalue weighted by Crippen LogP contribution is 2.34. The van der Waals surface area contributed by atoms with E-state index in [9.17, 15) is 0 Å². The topological polar surface area (TPSA) is 51.6 Å². The lowest BCUT2D eigenvalue weighted by atomic mass is 10.0. The highest BCUT2D eigenvalue weighted by atomic mass is 35.5. The van der Waals surface area contributed by atoms with Gasteiger partial charge in [-0.2, -0.15) is 0 Å². The summed E-state index contributed by atoms with van der Waals surface area (Å²) in [6.45, 7) is 2.12. The van der Waals surface area contributed by atoms with Gasteiger partial charge in [-0.15, -0.1) is 5.06 Å². The van der Waals surface area contributed by atoms with Gasteiger partial charge in [0.2, 0.25) is 5.88 Å². The molecule has 0 bridgehead atoms. The molecule has 1 aromatic carbocycles. The van der Waals surface area contributed by atoms with Crippen LogP contribution in [-0.4, -0.2) is 11.1 Å². The molecule has 2 aromatic rings. The van der Waals surface area contributed by atoms with Gasteiger partial charge >= 0.3 is 0 Å². The molecular weight excluding hydrogens is 300 g/mol. The summed E-state index contributed by atoms with van der Waals surface area (Å²) in [6, 6.07) is 14.0. The van der Waals surface area contributed by atoms with Gasteiger partial charge in [0.15, 0.2) is 5.22 Å². The molecule has 5 heteroatoms. The average Bonchev–Trinajstić information content (AvgIpc) is 3.11. The lowest BCUT2D eigenvalue weighted by Gasteiger charge is -2.27. The fourth-order valence-corrected chi connectivity index (χ4v) is 2.80. The molecule has 22 heavy (non-hydrogen) atoms. The van der Waals surface area contributed by atoms with E-state index in [0.717, 1.165) is 18.6 Å². The van der Waals surface area contributed by atoms with Crippen LogP contribution in [0.15, 0.2) is 58.8 Å². The van der Waals surface area contributed by atoms with Gasteiger partial charge < -0.3 is 15.0 Å². The van der Waals surface area contributed by atoms with Crippen molar-refractivity contribution in [2.24, 2.45) is 5.73 Å². The molecule has 0 aliphatic carbocycles. The van der Waals surface area contributed by atoms with Crippen molar-refractivity contribution in [2.45, 2.75) is 31.8 Å². The Morgan fingerprint density at radius 3 is 2.68 bits per heavy atom. The summed E-state index contributed by atoms with van der Waals surface area (Å²) in [5, 5.41) is 2.23. The van der Waals surface area contributed by atoms with E-state index in [1.54, 1.807) is 6.07 Å². The lowest BCUT2D eigenvalue weighted by molar-refractivity contribution is -0.152. The number of rotatable bonds is 5. The van der Waals surface area contributed by atoms with Crippen molar-refractivity contribution in [3.05, 3.63) is 71.0 Å². The van der Waals surface area contributed by atoms with Crippen LogP contribution in [0.2, 0.25) is 5.22 Å². The third-order valence-corrected chi connectivity index (χ3v) is 4.02. The van der Waals surface area contributed by atoms with Gasteiger partial charge in [0, 0.05) is 12.1 Å². The van der Waals surface area contributed by atoms with Crippen LogP contribution in [-0.2, 0) is 11.3 Å². The Labute approximate surface area is 135 Å². The van der Waals surface area contributed by atoms with Crippen molar-refractivity contribution in [3.8, 4) is 0 Å². The second-order valence-electron chi connectivity index (χ2n) is 5.48. The Morgan fingerprint density at radius 1 is 1.23 bits per heavy atom. The van der Waals surface area contributed by atoms with Gasteiger partial charge in [-0.25, -0.2) is 0 Å². The summed E-state index contributed by atoms with van der Waals surface area (Å²) in [6.07, 6.45) is 3.78. The molecule has 2 heterocycles. The van der Waals surface area contributed by atoms with Gasteiger partial charge in [0.05, 0.1) is 0 Å². The van der Waals surface area contributed by atoms with Crippen LogP contribution in [0.1, 0.15) is 30.7 Å². The molecule has 1 aliphatic heterocycles. The van der Waals surface area contributed by atoms with Gasteiger partial charge in [-0.1, -0.05) is 30.3 Å². The molecule has 2 N–H and O–H groups in total. The molecule has 0 spiro atoms. The minimum atomic E-state index is -0.140. The first-order valence-electron chi connectivity index (χ1n) is 7.36. The van der Waals surface area contributed by atoms with Gasteiger partial charge in [0.1, 0.15) is 11.8 Å². The summed E-state index contributed by atoms with van der Waals surface area (Å²) in [4.78, 5) is 5.66.